The average molecular weight is 230 g/mol. The first kappa shape index (κ1) is 9.73. The minimum atomic E-state index is 0.849. The summed E-state index contributed by atoms with van der Waals surface area (Å²) in [6.07, 6.45) is 0.915. The number of fused-ring (bicyclic) bond motifs is 2. The normalized spacial score (nSPS) is 13.3. The number of hydrogen-bond donors (Lipinski definition) is 1. The van der Waals surface area contributed by atoms with Crippen molar-refractivity contribution < 1.29 is 0 Å². The van der Waals surface area contributed by atoms with Crippen molar-refractivity contribution in [1.29, 1.82) is 0 Å². The van der Waals surface area contributed by atoms with E-state index in [1.807, 2.05) is 12.1 Å². The Bertz CT molecular complexity index is 534. The van der Waals surface area contributed by atoms with E-state index in [1.165, 1.54) is 16.7 Å². The van der Waals surface area contributed by atoms with Crippen LogP contribution in [-0.2, 0) is 13.0 Å². The van der Waals surface area contributed by atoms with Gasteiger partial charge in [0.05, 0.1) is 0 Å². The Morgan fingerprint density at radius 1 is 0.938 bits per heavy atom. The van der Waals surface area contributed by atoms with Gasteiger partial charge in [0.15, 0.2) is 0 Å². The van der Waals surface area contributed by atoms with Crippen molar-refractivity contribution in [2.45, 2.75) is 13.0 Å². The van der Waals surface area contributed by atoms with Gasteiger partial charge in [-0.25, -0.2) is 0 Å². The number of nitrogens with one attached hydrogen (secondary N) is 1. The maximum absolute atomic E-state index is 6.24. The lowest BCUT2D eigenvalue weighted by Crippen LogP contribution is -1.98. The molecule has 0 saturated heterocycles. The third-order valence-corrected chi connectivity index (χ3v) is 3.43. The third kappa shape index (κ3) is 1.57. The lowest BCUT2D eigenvalue weighted by Gasteiger charge is -2.08. The maximum atomic E-state index is 6.24. The van der Waals surface area contributed by atoms with Crippen molar-refractivity contribution in [2.24, 2.45) is 0 Å². The molecule has 0 saturated carbocycles. The van der Waals surface area contributed by atoms with Crippen LogP contribution in [0.25, 0.3) is 0 Å². The highest BCUT2D eigenvalue weighted by Gasteiger charge is 2.13. The Morgan fingerprint density at radius 2 is 1.75 bits per heavy atom. The molecule has 1 heterocycles. The van der Waals surface area contributed by atoms with Crippen LogP contribution < -0.4 is 5.32 Å². The topological polar surface area (TPSA) is 12.0 Å². The Kier molecular flexibility index (Phi) is 2.33. The SMILES string of the molecule is Clc1cccc2c1Cc1ccccc1CN2. The number of anilines is 1. The summed E-state index contributed by atoms with van der Waals surface area (Å²) < 4.78 is 0. The van der Waals surface area contributed by atoms with Crippen LogP contribution in [0.3, 0.4) is 0 Å². The fraction of sp³-hybridized carbons (Fsp3) is 0.143. The summed E-state index contributed by atoms with van der Waals surface area (Å²) in [5.41, 5.74) is 5.08. The van der Waals surface area contributed by atoms with Crippen LogP contribution in [0.5, 0.6) is 0 Å². The Hall–Kier alpha value is -1.47. The second-order valence-electron chi connectivity index (χ2n) is 4.06. The molecule has 0 spiro atoms. The van der Waals surface area contributed by atoms with Gasteiger partial charge in [-0.15, -0.1) is 0 Å². The summed E-state index contributed by atoms with van der Waals surface area (Å²) in [5, 5.41) is 4.29. The number of rotatable bonds is 0. The fourth-order valence-corrected chi connectivity index (χ4v) is 2.43. The minimum absolute atomic E-state index is 0.849. The molecule has 80 valence electrons. The van der Waals surface area contributed by atoms with E-state index in [9.17, 15) is 0 Å². The maximum Gasteiger partial charge on any atom is 0.0461 e. The molecule has 1 N–H and O–H groups in total. The van der Waals surface area contributed by atoms with Gasteiger partial charge in [-0.3, -0.25) is 0 Å². The van der Waals surface area contributed by atoms with E-state index in [2.05, 4.69) is 35.6 Å². The van der Waals surface area contributed by atoms with Gasteiger partial charge < -0.3 is 5.32 Å². The van der Waals surface area contributed by atoms with Gasteiger partial charge in [-0.2, -0.15) is 0 Å². The number of benzene rings is 2. The molecule has 0 atom stereocenters. The van der Waals surface area contributed by atoms with E-state index >= 15 is 0 Å². The smallest absolute Gasteiger partial charge is 0.0461 e. The largest absolute Gasteiger partial charge is 0.381 e. The van der Waals surface area contributed by atoms with Crippen LogP contribution >= 0.6 is 11.6 Å². The van der Waals surface area contributed by atoms with Crippen LogP contribution in [0.1, 0.15) is 16.7 Å². The number of halogens is 1. The first-order chi connectivity index (χ1) is 7.84. The highest BCUT2D eigenvalue weighted by Crippen LogP contribution is 2.31. The second kappa shape index (κ2) is 3.84. The van der Waals surface area contributed by atoms with Crippen LogP contribution in [0.2, 0.25) is 5.02 Å². The van der Waals surface area contributed by atoms with E-state index in [0.717, 1.165) is 23.7 Å². The van der Waals surface area contributed by atoms with Crippen molar-refractivity contribution in [1.82, 2.24) is 0 Å². The molecule has 0 bridgehead atoms. The zero-order valence-electron chi connectivity index (χ0n) is 8.83. The van der Waals surface area contributed by atoms with Gasteiger partial charge in [0, 0.05) is 23.7 Å². The summed E-state index contributed by atoms with van der Waals surface area (Å²) in [6.45, 7) is 0.878. The van der Waals surface area contributed by atoms with Gasteiger partial charge in [-0.1, -0.05) is 41.9 Å². The monoisotopic (exact) mass is 229 g/mol. The Morgan fingerprint density at radius 3 is 2.62 bits per heavy atom. The molecule has 2 aromatic carbocycles. The van der Waals surface area contributed by atoms with E-state index < -0.39 is 0 Å². The molecule has 3 rings (SSSR count). The molecular weight excluding hydrogens is 218 g/mol. The van der Waals surface area contributed by atoms with E-state index in [4.69, 9.17) is 11.6 Å². The molecule has 0 unspecified atom stereocenters. The van der Waals surface area contributed by atoms with Gasteiger partial charge in [0.25, 0.3) is 0 Å². The molecule has 0 aliphatic carbocycles. The van der Waals surface area contributed by atoms with Crippen LogP contribution in [-0.4, -0.2) is 0 Å². The molecule has 1 aliphatic heterocycles. The molecular formula is C14H12ClN. The van der Waals surface area contributed by atoms with Gasteiger partial charge in [0.2, 0.25) is 0 Å². The van der Waals surface area contributed by atoms with Crippen LogP contribution in [0.15, 0.2) is 42.5 Å². The molecule has 0 radical (unpaired) electrons. The quantitative estimate of drug-likeness (QED) is 0.724. The standard InChI is InChI=1S/C14H12ClN/c15-13-6-3-7-14-12(13)8-10-4-1-2-5-11(10)9-16-14/h1-7,16H,8-9H2. The second-order valence-corrected chi connectivity index (χ2v) is 4.47. The van der Waals surface area contributed by atoms with Gasteiger partial charge >= 0.3 is 0 Å². The van der Waals surface area contributed by atoms with Crippen LogP contribution in [0, 0.1) is 0 Å². The summed E-state index contributed by atoms with van der Waals surface area (Å²) in [6, 6.07) is 14.5. The summed E-state index contributed by atoms with van der Waals surface area (Å²) >= 11 is 6.24. The first-order valence-corrected chi connectivity index (χ1v) is 5.80. The third-order valence-electron chi connectivity index (χ3n) is 3.07. The Balaban J connectivity index is 2.13. The lowest BCUT2D eigenvalue weighted by molar-refractivity contribution is 1.12. The molecule has 16 heavy (non-hydrogen) atoms. The summed E-state index contributed by atoms with van der Waals surface area (Å²) in [7, 11) is 0. The molecule has 0 amide bonds. The lowest BCUT2D eigenvalue weighted by atomic mass is 10.0. The van der Waals surface area contributed by atoms with E-state index in [0.29, 0.717) is 0 Å². The molecule has 2 aromatic rings. The van der Waals surface area contributed by atoms with Gasteiger partial charge in [0.1, 0.15) is 0 Å². The van der Waals surface area contributed by atoms with Crippen LogP contribution in [0.4, 0.5) is 5.69 Å². The highest BCUT2D eigenvalue weighted by atomic mass is 35.5. The Labute approximate surface area is 100 Å². The zero-order chi connectivity index (χ0) is 11.0. The predicted molar refractivity (Wildman–Crippen MR) is 68.0 cm³/mol. The summed E-state index contributed by atoms with van der Waals surface area (Å²) in [5.74, 6) is 0. The highest BCUT2D eigenvalue weighted by molar-refractivity contribution is 6.31. The van der Waals surface area contributed by atoms with Crippen molar-refractivity contribution in [3.05, 3.63) is 64.2 Å². The minimum Gasteiger partial charge on any atom is -0.381 e. The molecule has 2 heteroatoms. The molecule has 1 aliphatic rings. The molecule has 0 aromatic heterocycles. The van der Waals surface area contributed by atoms with E-state index in [-0.39, 0.29) is 0 Å². The summed E-state index contributed by atoms with van der Waals surface area (Å²) in [4.78, 5) is 0. The van der Waals surface area contributed by atoms with Crippen molar-refractivity contribution in [2.75, 3.05) is 5.32 Å². The predicted octanol–water partition coefficient (Wildman–Crippen LogP) is 3.86. The van der Waals surface area contributed by atoms with Crippen molar-refractivity contribution >= 4 is 17.3 Å². The molecule has 0 fully saturated rings. The van der Waals surface area contributed by atoms with E-state index in [1.54, 1.807) is 0 Å². The molecule has 1 nitrogen and oxygen atoms in total. The fourth-order valence-electron chi connectivity index (χ4n) is 2.19. The van der Waals surface area contributed by atoms with Gasteiger partial charge in [-0.05, 0) is 28.8 Å². The zero-order valence-corrected chi connectivity index (χ0v) is 9.59. The first-order valence-electron chi connectivity index (χ1n) is 5.42. The van der Waals surface area contributed by atoms with Crippen molar-refractivity contribution in [3.8, 4) is 0 Å². The van der Waals surface area contributed by atoms with Crippen molar-refractivity contribution in [3.63, 3.8) is 0 Å². The number of hydrogen-bond acceptors (Lipinski definition) is 1. The average Bonchev–Trinajstić information content (AvgIpc) is 2.50.